The van der Waals surface area contributed by atoms with Gasteiger partial charge in [0.2, 0.25) is 0 Å². The van der Waals surface area contributed by atoms with Crippen molar-refractivity contribution in [2.75, 3.05) is 11.9 Å². The average Bonchev–Trinajstić information content (AvgIpc) is 2.14. The molecule has 0 amide bonds. The molecule has 17 heavy (non-hydrogen) atoms. The molecule has 94 valence electrons. The first-order valence-electron chi connectivity index (χ1n) is 5.21. The van der Waals surface area contributed by atoms with Crippen molar-refractivity contribution in [3.63, 3.8) is 0 Å². The number of rotatable bonds is 5. The van der Waals surface area contributed by atoms with Gasteiger partial charge in [0.25, 0.3) is 0 Å². The van der Waals surface area contributed by atoms with Crippen LogP contribution in [-0.2, 0) is 4.79 Å². The lowest BCUT2D eigenvalue weighted by molar-refractivity contribution is -0.139. The van der Waals surface area contributed by atoms with Crippen LogP contribution in [0.1, 0.15) is 20.3 Å². The number of hydrogen-bond donors (Lipinski definition) is 2. The van der Waals surface area contributed by atoms with E-state index >= 15 is 0 Å². The minimum Gasteiger partial charge on any atom is -0.481 e. The molecule has 0 spiro atoms. The van der Waals surface area contributed by atoms with Crippen molar-refractivity contribution in [1.29, 1.82) is 0 Å². The summed E-state index contributed by atoms with van der Waals surface area (Å²) in [7, 11) is 0. The van der Waals surface area contributed by atoms with E-state index < -0.39 is 23.0 Å². The van der Waals surface area contributed by atoms with Gasteiger partial charge in [-0.2, -0.15) is 0 Å². The monoisotopic (exact) mass is 243 g/mol. The van der Waals surface area contributed by atoms with Gasteiger partial charge in [0, 0.05) is 12.6 Å². The zero-order valence-electron chi connectivity index (χ0n) is 9.76. The Hall–Kier alpha value is -1.65. The predicted molar refractivity (Wildman–Crippen MR) is 60.9 cm³/mol. The lowest BCUT2D eigenvalue weighted by Gasteiger charge is -2.23. The SMILES string of the molecule is CC(C)(CNc1ccc(F)cc1F)CC(=O)O. The van der Waals surface area contributed by atoms with Gasteiger partial charge in [-0.1, -0.05) is 13.8 Å². The minimum atomic E-state index is -0.906. The Morgan fingerprint density at radius 1 is 1.41 bits per heavy atom. The second-order valence-electron chi connectivity index (χ2n) is 4.71. The largest absolute Gasteiger partial charge is 0.481 e. The van der Waals surface area contributed by atoms with E-state index in [1.165, 1.54) is 6.07 Å². The first kappa shape index (κ1) is 13.4. The number of nitrogens with one attached hydrogen (secondary N) is 1. The van der Waals surface area contributed by atoms with Crippen LogP contribution in [0.5, 0.6) is 0 Å². The minimum absolute atomic E-state index is 0.0250. The van der Waals surface area contributed by atoms with E-state index in [-0.39, 0.29) is 12.1 Å². The Labute approximate surface area is 98.5 Å². The summed E-state index contributed by atoms with van der Waals surface area (Å²) in [6, 6.07) is 3.23. The highest BCUT2D eigenvalue weighted by Crippen LogP contribution is 2.22. The molecule has 0 heterocycles. The van der Waals surface area contributed by atoms with Crippen molar-refractivity contribution < 1.29 is 18.7 Å². The summed E-state index contributed by atoms with van der Waals surface area (Å²) in [6.07, 6.45) is -0.0250. The molecule has 1 aromatic carbocycles. The summed E-state index contributed by atoms with van der Waals surface area (Å²) in [5.41, 5.74) is -0.336. The number of aliphatic carboxylic acids is 1. The lowest BCUT2D eigenvalue weighted by atomic mass is 9.89. The Balaban J connectivity index is 2.64. The van der Waals surface area contributed by atoms with Crippen LogP contribution in [0.4, 0.5) is 14.5 Å². The maximum atomic E-state index is 13.3. The molecule has 0 radical (unpaired) electrons. The van der Waals surface area contributed by atoms with E-state index in [2.05, 4.69) is 5.32 Å². The van der Waals surface area contributed by atoms with Crippen LogP contribution in [0.2, 0.25) is 0 Å². The molecule has 0 aliphatic heterocycles. The number of anilines is 1. The number of carboxylic acids is 1. The fraction of sp³-hybridized carbons (Fsp3) is 0.417. The highest BCUT2D eigenvalue weighted by atomic mass is 19.1. The molecule has 0 aliphatic rings. The van der Waals surface area contributed by atoms with E-state index in [4.69, 9.17) is 5.11 Å². The van der Waals surface area contributed by atoms with Gasteiger partial charge in [-0.05, 0) is 17.5 Å². The molecule has 0 atom stereocenters. The van der Waals surface area contributed by atoms with Gasteiger partial charge in [-0.3, -0.25) is 4.79 Å². The predicted octanol–water partition coefficient (Wildman–Crippen LogP) is 2.88. The van der Waals surface area contributed by atoms with Crippen LogP contribution in [0, 0.1) is 17.0 Å². The molecule has 1 rings (SSSR count). The molecule has 0 aromatic heterocycles. The van der Waals surface area contributed by atoms with Crippen LogP contribution in [0.3, 0.4) is 0 Å². The summed E-state index contributed by atoms with van der Waals surface area (Å²) in [5, 5.41) is 11.5. The van der Waals surface area contributed by atoms with Crippen LogP contribution < -0.4 is 5.32 Å². The quantitative estimate of drug-likeness (QED) is 0.836. The number of halogens is 2. The second-order valence-corrected chi connectivity index (χ2v) is 4.71. The van der Waals surface area contributed by atoms with Crippen LogP contribution in [-0.4, -0.2) is 17.6 Å². The molecule has 2 N–H and O–H groups in total. The highest BCUT2D eigenvalue weighted by molar-refractivity contribution is 5.67. The molecule has 0 bridgehead atoms. The molecule has 0 unspecified atom stereocenters. The Bertz CT molecular complexity index is 419. The van der Waals surface area contributed by atoms with Crippen molar-refractivity contribution in [1.82, 2.24) is 0 Å². The molecule has 0 aliphatic carbocycles. The zero-order chi connectivity index (χ0) is 13.1. The topological polar surface area (TPSA) is 49.3 Å². The molecular weight excluding hydrogens is 228 g/mol. The molecule has 3 nitrogen and oxygen atoms in total. The molecule has 0 saturated heterocycles. The van der Waals surface area contributed by atoms with Crippen LogP contribution >= 0.6 is 0 Å². The smallest absolute Gasteiger partial charge is 0.303 e. The summed E-state index contributed by atoms with van der Waals surface area (Å²) in [6.45, 7) is 3.81. The molecule has 0 fully saturated rings. The first-order chi connectivity index (χ1) is 7.80. The number of benzene rings is 1. The maximum absolute atomic E-state index is 13.3. The van der Waals surface area contributed by atoms with Crippen molar-refractivity contribution >= 4 is 11.7 Å². The summed E-state index contributed by atoms with van der Waals surface area (Å²) in [5.74, 6) is -2.23. The Morgan fingerprint density at radius 3 is 2.59 bits per heavy atom. The lowest BCUT2D eigenvalue weighted by Crippen LogP contribution is -2.26. The third kappa shape index (κ3) is 4.38. The fourth-order valence-electron chi connectivity index (χ4n) is 1.44. The van der Waals surface area contributed by atoms with E-state index in [1.54, 1.807) is 13.8 Å². The zero-order valence-corrected chi connectivity index (χ0v) is 9.76. The normalized spacial score (nSPS) is 11.3. The van der Waals surface area contributed by atoms with Gasteiger partial charge in [-0.25, -0.2) is 8.78 Å². The Kier molecular flexibility index (Phi) is 4.04. The number of hydrogen-bond acceptors (Lipinski definition) is 2. The molecule has 1 aromatic rings. The number of carbonyl (C=O) groups is 1. The standard InChI is InChI=1S/C12H15F2NO2/c1-12(2,6-11(16)17)7-15-10-4-3-8(13)5-9(10)14/h3-5,15H,6-7H2,1-2H3,(H,16,17). The molecule has 5 heteroatoms. The fourth-order valence-corrected chi connectivity index (χ4v) is 1.44. The van der Waals surface area contributed by atoms with E-state index in [1.807, 2.05) is 0 Å². The number of carboxylic acid groups (broad SMARTS) is 1. The van der Waals surface area contributed by atoms with Gasteiger partial charge < -0.3 is 10.4 Å². The van der Waals surface area contributed by atoms with Gasteiger partial charge in [0.05, 0.1) is 12.1 Å². The van der Waals surface area contributed by atoms with E-state index in [9.17, 15) is 13.6 Å². The van der Waals surface area contributed by atoms with E-state index in [0.717, 1.165) is 12.1 Å². The van der Waals surface area contributed by atoms with Crippen molar-refractivity contribution in [2.45, 2.75) is 20.3 Å². The van der Waals surface area contributed by atoms with Gasteiger partial charge in [0.15, 0.2) is 0 Å². The van der Waals surface area contributed by atoms with Crippen molar-refractivity contribution in [3.8, 4) is 0 Å². The maximum Gasteiger partial charge on any atom is 0.303 e. The Morgan fingerprint density at radius 2 is 2.06 bits per heavy atom. The highest BCUT2D eigenvalue weighted by Gasteiger charge is 2.21. The second kappa shape index (κ2) is 5.12. The van der Waals surface area contributed by atoms with Crippen molar-refractivity contribution in [3.05, 3.63) is 29.8 Å². The average molecular weight is 243 g/mol. The third-order valence-corrected chi connectivity index (χ3v) is 2.32. The van der Waals surface area contributed by atoms with Gasteiger partial charge >= 0.3 is 5.97 Å². The van der Waals surface area contributed by atoms with E-state index in [0.29, 0.717) is 6.54 Å². The molecular formula is C12H15F2NO2. The van der Waals surface area contributed by atoms with Crippen LogP contribution in [0.25, 0.3) is 0 Å². The first-order valence-corrected chi connectivity index (χ1v) is 5.21. The summed E-state index contributed by atoms with van der Waals surface area (Å²) < 4.78 is 25.9. The summed E-state index contributed by atoms with van der Waals surface area (Å²) in [4.78, 5) is 10.6. The van der Waals surface area contributed by atoms with Crippen LogP contribution in [0.15, 0.2) is 18.2 Å². The van der Waals surface area contributed by atoms with Crippen molar-refractivity contribution in [2.24, 2.45) is 5.41 Å². The molecule has 0 saturated carbocycles. The van der Waals surface area contributed by atoms with Gasteiger partial charge in [-0.15, -0.1) is 0 Å². The third-order valence-electron chi connectivity index (χ3n) is 2.32. The summed E-state index contributed by atoms with van der Waals surface area (Å²) >= 11 is 0. The van der Waals surface area contributed by atoms with Gasteiger partial charge in [0.1, 0.15) is 11.6 Å².